The smallest absolute Gasteiger partial charge is 0.313 e. The van der Waals surface area contributed by atoms with Gasteiger partial charge in [-0.15, -0.1) is 0 Å². The van der Waals surface area contributed by atoms with Gasteiger partial charge in [0.25, 0.3) is 0 Å². The van der Waals surface area contributed by atoms with Gasteiger partial charge in [-0.05, 0) is 22.0 Å². The maximum absolute atomic E-state index is 10.9. The van der Waals surface area contributed by atoms with Gasteiger partial charge in [0.1, 0.15) is 0 Å². The molecule has 0 saturated carbocycles. The molecule has 2 heterocycles. The SMILES string of the molecule is CN(c1ccco1)c1ncc(Br)cc1[N+](=O)[O-]. The molecule has 2 aromatic heterocycles. The Labute approximate surface area is 105 Å². The van der Waals surface area contributed by atoms with E-state index in [9.17, 15) is 10.1 Å². The molecule has 7 heteroatoms. The van der Waals surface area contributed by atoms with Crippen LogP contribution < -0.4 is 4.90 Å². The third-order valence-electron chi connectivity index (χ3n) is 2.17. The minimum absolute atomic E-state index is 0.0849. The van der Waals surface area contributed by atoms with Gasteiger partial charge >= 0.3 is 5.69 Å². The fourth-order valence-electron chi connectivity index (χ4n) is 1.38. The van der Waals surface area contributed by atoms with Gasteiger partial charge in [0, 0.05) is 29.8 Å². The molecule has 0 atom stereocenters. The molecule has 0 bridgehead atoms. The van der Waals surface area contributed by atoms with Crippen LogP contribution >= 0.6 is 15.9 Å². The van der Waals surface area contributed by atoms with Crippen LogP contribution in [0, 0.1) is 10.1 Å². The van der Waals surface area contributed by atoms with Crippen molar-refractivity contribution in [3.63, 3.8) is 0 Å². The third kappa shape index (κ3) is 2.28. The molecule has 0 unspecified atom stereocenters. The highest BCUT2D eigenvalue weighted by Crippen LogP contribution is 2.32. The average molecular weight is 298 g/mol. The Kier molecular flexibility index (Phi) is 3.10. The Morgan fingerprint density at radius 1 is 1.59 bits per heavy atom. The van der Waals surface area contributed by atoms with Crippen molar-refractivity contribution >= 4 is 33.3 Å². The molecule has 0 amide bonds. The van der Waals surface area contributed by atoms with E-state index < -0.39 is 4.92 Å². The summed E-state index contributed by atoms with van der Waals surface area (Å²) in [4.78, 5) is 16.0. The highest BCUT2D eigenvalue weighted by atomic mass is 79.9. The normalized spacial score (nSPS) is 10.2. The molecular weight excluding hydrogens is 290 g/mol. The Morgan fingerprint density at radius 3 is 2.94 bits per heavy atom. The highest BCUT2D eigenvalue weighted by Gasteiger charge is 2.21. The number of furan rings is 1. The predicted molar refractivity (Wildman–Crippen MR) is 65.4 cm³/mol. The molecule has 2 rings (SSSR count). The van der Waals surface area contributed by atoms with Crippen LogP contribution in [0.3, 0.4) is 0 Å². The number of nitrogens with zero attached hydrogens (tertiary/aromatic N) is 3. The van der Waals surface area contributed by atoms with Crippen molar-refractivity contribution in [2.75, 3.05) is 11.9 Å². The molecule has 6 nitrogen and oxygen atoms in total. The van der Waals surface area contributed by atoms with Crippen molar-refractivity contribution in [2.45, 2.75) is 0 Å². The Balaban J connectivity index is 2.48. The van der Waals surface area contributed by atoms with Gasteiger partial charge in [0.15, 0.2) is 0 Å². The molecule has 0 aromatic carbocycles. The van der Waals surface area contributed by atoms with Crippen LogP contribution in [-0.2, 0) is 0 Å². The van der Waals surface area contributed by atoms with Crippen molar-refractivity contribution in [1.29, 1.82) is 0 Å². The molecule has 88 valence electrons. The third-order valence-corrected chi connectivity index (χ3v) is 2.60. The number of anilines is 2. The first kappa shape index (κ1) is 11.6. The van der Waals surface area contributed by atoms with Crippen LogP contribution in [0.5, 0.6) is 0 Å². The molecular formula is C10H8BrN3O3. The molecule has 2 aromatic rings. The van der Waals surface area contributed by atoms with Crippen LogP contribution in [0.25, 0.3) is 0 Å². The van der Waals surface area contributed by atoms with E-state index in [0.717, 1.165) is 0 Å². The Bertz CT molecular complexity index is 542. The summed E-state index contributed by atoms with van der Waals surface area (Å²) >= 11 is 3.15. The maximum Gasteiger partial charge on any atom is 0.313 e. The summed E-state index contributed by atoms with van der Waals surface area (Å²) in [5.41, 5.74) is -0.0849. The predicted octanol–water partition coefficient (Wildman–Crippen LogP) is 3.11. The van der Waals surface area contributed by atoms with E-state index in [1.54, 1.807) is 19.2 Å². The maximum atomic E-state index is 10.9. The highest BCUT2D eigenvalue weighted by molar-refractivity contribution is 9.10. The summed E-state index contributed by atoms with van der Waals surface area (Å²) in [6, 6.07) is 4.81. The number of nitro groups is 1. The van der Waals surface area contributed by atoms with E-state index in [1.807, 2.05) is 0 Å². The first-order chi connectivity index (χ1) is 8.09. The standard InChI is InChI=1S/C10H8BrN3O3/c1-13(9-3-2-4-17-9)10-8(14(15)16)5-7(11)6-12-10/h2-6H,1H3. The van der Waals surface area contributed by atoms with Gasteiger partial charge in [-0.1, -0.05) is 0 Å². The van der Waals surface area contributed by atoms with Gasteiger partial charge in [-0.2, -0.15) is 0 Å². The summed E-state index contributed by atoms with van der Waals surface area (Å²) in [6.07, 6.45) is 3.00. The molecule has 0 spiro atoms. The second kappa shape index (κ2) is 4.54. The number of rotatable bonds is 3. The summed E-state index contributed by atoms with van der Waals surface area (Å²) < 4.78 is 5.72. The minimum Gasteiger partial charge on any atom is -0.448 e. The van der Waals surface area contributed by atoms with E-state index in [0.29, 0.717) is 10.4 Å². The zero-order valence-corrected chi connectivity index (χ0v) is 10.4. The van der Waals surface area contributed by atoms with Gasteiger partial charge < -0.3 is 4.42 Å². The van der Waals surface area contributed by atoms with Gasteiger partial charge in [0.05, 0.1) is 11.2 Å². The molecule has 0 aliphatic heterocycles. The van der Waals surface area contributed by atoms with Crippen molar-refractivity contribution in [3.05, 3.63) is 45.2 Å². The largest absolute Gasteiger partial charge is 0.448 e. The van der Waals surface area contributed by atoms with Crippen molar-refractivity contribution in [2.24, 2.45) is 0 Å². The average Bonchev–Trinajstić information content (AvgIpc) is 2.81. The van der Waals surface area contributed by atoms with Crippen LogP contribution in [0.15, 0.2) is 39.5 Å². The molecule has 0 fully saturated rings. The topological polar surface area (TPSA) is 72.4 Å². The molecule has 0 aliphatic carbocycles. The molecule has 0 saturated heterocycles. The van der Waals surface area contributed by atoms with Crippen LogP contribution in [0.1, 0.15) is 0 Å². The fraction of sp³-hybridized carbons (Fsp3) is 0.100. The Hall–Kier alpha value is -1.89. The summed E-state index contributed by atoms with van der Waals surface area (Å²) in [7, 11) is 1.65. The number of pyridine rings is 1. The van der Waals surface area contributed by atoms with Gasteiger partial charge in [-0.25, -0.2) is 4.98 Å². The number of hydrogen-bond donors (Lipinski definition) is 0. The van der Waals surface area contributed by atoms with Crippen LogP contribution in [-0.4, -0.2) is 17.0 Å². The zero-order valence-electron chi connectivity index (χ0n) is 8.83. The lowest BCUT2D eigenvalue weighted by atomic mass is 10.3. The number of aromatic nitrogens is 1. The van der Waals surface area contributed by atoms with E-state index in [2.05, 4.69) is 20.9 Å². The lowest BCUT2D eigenvalue weighted by Crippen LogP contribution is -2.12. The van der Waals surface area contributed by atoms with E-state index in [1.165, 1.54) is 23.4 Å². The second-order valence-electron chi connectivity index (χ2n) is 3.26. The summed E-state index contributed by atoms with van der Waals surface area (Å²) in [5, 5.41) is 10.9. The van der Waals surface area contributed by atoms with E-state index in [4.69, 9.17) is 4.42 Å². The quantitative estimate of drug-likeness (QED) is 0.643. The van der Waals surface area contributed by atoms with Crippen LogP contribution in [0.4, 0.5) is 17.4 Å². The lowest BCUT2D eigenvalue weighted by Gasteiger charge is -2.14. The lowest BCUT2D eigenvalue weighted by molar-refractivity contribution is -0.384. The van der Waals surface area contributed by atoms with Crippen molar-refractivity contribution in [3.8, 4) is 0 Å². The van der Waals surface area contributed by atoms with Crippen LogP contribution in [0.2, 0.25) is 0 Å². The monoisotopic (exact) mass is 297 g/mol. The zero-order chi connectivity index (χ0) is 12.4. The number of hydrogen-bond acceptors (Lipinski definition) is 5. The molecule has 0 N–H and O–H groups in total. The minimum atomic E-state index is -0.480. The molecule has 17 heavy (non-hydrogen) atoms. The molecule has 0 radical (unpaired) electrons. The van der Waals surface area contributed by atoms with E-state index in [-0.39, 0.29) is 11.5 Å². The van der Waals surface area contributed by atoms with Gasteiger partial charge in [0.2, 0.25) is 11.7 Å². The fourth-order valence-corrected chi connectivity index (χ4v) is 1.70. The number of halogens is 1. The second-order valence-corrected chi connectivity index (χ2v) is 4.18. The van der Waals surface area contributed by atoms with Gasteiger partial charge in [-0.3, -0.25) is 15.0 Å². The first-order valence-electron chi connectivity index (χ1n) is 4.67. The van der Waals surface area contributed by atoms with E-state index >= 15 is 0 Å². The summed E-state index contributed by atoms with van der Waals surface area (Å²) in [6.45, 7) is 0. The summed E-state index contributed by atoms with van der Waals surface area (Å²) in [5.74, 6) is 0.719. The van der Waals surface area contributed by atoms with Crippen molar-refractivity contribution < 1.29 is 9.34 Å². The first-order valence-corrected chi connectivity index (χ1v) is 5.46. The Morgan fingerprint density at radius 2 is 2.35 bits per heavy atom. The van der Waals surface area contributed by atoms with Crippen molar-refractivity contribution in [1.82, 2.24) is 4.98 Å². The molecule has 0 aliphatic rings.